The van der Waals surface area contributed by atoms with E-state index in [0.717, 1.165) is 22.5 Å². The highest BCUT2D eigenvalue weighted by Crippen LogP contribution is 2.16. The lowest BCUT2D eigenvalue weighted by Crippen LogP contribution is -2.32. The van der Waals surface area contributed by atoms with Crippen molar-refractivity contribution in [3.63, 3.8) is 0 Å². The summed E-state index contributed by atoms with van der Waals surface area (Å²) in [4.78, 5) is 25.4. The Labute approximate surface area is 128 Å². The van der Waals surface area contributed by atoms with Crippen molar-refractivity contribution in [1.82, 2.24) is 5.32 Å². The molecule has 21 heavy (non-hydrogen) atoms. The third kappa shape index (κ3) is 4.16. The van der Waals surface area contributed by atoms with Crippen LogP contribution in [0.15, 0.2) is 36.4 Å². The van der Waals surface area contributed by atoms with E-state index in [0.29, 0.717) is 4.88 Å². The molecular weight excluding hydrogens is 284 g/mol. The van der Waals surface area contributed by atoms with Gasteiger partial charge in [-0.1, -0.05) is 25.1 Å². The van der Waals surface area contributed by atoms with Crippen LogP contribution in [-0.2, 0) is 11.2 Å². The third-order valence-electron chi connectivity index (χ3n) is 3.05. The fourth-order valence-corrected chi connectivity index (χ4v) is 2.73. The number of anilines is 1. The summed E-state index contributed by atoms with van der Waals surface area (Å²) in [7, 11) is 0. The second kappa shape index (κ2) is 7.04. The van der Waals surface area contributed by atoms with Crippen LogP contribution in [0.5, 0.6) is 0 Å². The van der Waals surface area contributed by atoms with Crippen molar-refractivity contribution in [3.8, 4) is 0 Å². The van der Waals surface area contributed by atoms with Crippen molar-refractivity contribution in [2.45, 2.75) is 20.3 Å². The lowest BCUT2D eigenvalue weighted by Gasteiger charge is -2.10. The van der Waals surface area contributed by atoms with E-state index < -0.39 is 0 Å². The van der Waals surface area contributed by atoms with Crippen molar-refractivity contribution in [2.24, 2.45) is 0 Å². The molecule has 0 atom stereocenters. The molecular formula is C16H18N2O2S. The fraction of sp³-hybridized carbons (Fsp3) is 0.250. The van der Waals surface area contributed by atoms with Crippen molar-refractivity contribution >= 4 is 28.8 Å². The lowest BCUT2D eigenvalue weighted by atomic mass is 10.1. The van der Waals surface area contributed by atoms with Crippen molar-refractivity contribution < 1.29 is 9.59 Å². The normalized spacial score (nSPS) is 10.2. The molecule has 2 N–H and O–H groups in total. The maximum absolute atomic E-state index is 11.9. The molecule has 2 rings (SSSR count). The smallest absolute Gasteiger partial charge is 0.261 e. The van der Waals surface area contributed by atoms with E-state index in [9.17, 15) is 9.59 Å². The van der Waals surface area contributed by atoms with Crippen LogP contribution in [0.1, 0.15) is 27.0 Å². The first-order valence-corrected chi connectivity index (χ1v) is 7.64. The first-order valence-electron chi connectivity index (χ1n) is 6.82. The van der Waals surface area contributed by atoms with Gasteiger partial charge in [-0.2, -0.15) is 0 Å². The molecule has 0 aliphatic carbocycles. The number of rotatable bonds is 5. The quantitative estimate of drug-likeness (QED) is 0.892. The highest BCUT2D eigenvalue weighted by Gasteiger charge is 2.10. The molecule has 4 nitrogen and oxygen atoms in total. The van der Waals surface area contributed by atoms with Crippen LogP contribution in [0.25, 0.3) is 0 Å². The molecule has 0 spiro atoms. The van der Waals surface area contributed by atoms with Crippen LogP contribution in [0, 0.1) is 6.92 Å². The summed E-state index contributed by atoms with van der Waals surface area (Å²) in [5.41, 5.74) is 1.87. The SMILES string of the molecule is CCc1ccccc1NC(=O)CNC(=O)c1ccc(C)s1. The Morgan fingerprint density at radius 1 is 1.14 bits per heavy atom. The first-order chi connectivity index (χ1) is 10.1. The molecule has 1 aromatic heterocycles. The number of carbonyl (C=O) groups is 2. The number of aryl methyl sites for hydroxylation is 2. The van der Waals surface area contributed by atoms with E-state index in [2.05, 4.69) is 10.6 Å². The number of thiophene rings is 1. The van der Waals surface area contributed by atoms with Gasteiger partial charge in [-0.25, -0.2) is 0 Å². The topological polar surface area (TPSA) is 58.2 Å². The Morgan fingerprint density at radius 3 is 2.57 bits per heavy atom. The van der Waals surface area contributed by atoms with Gasteiger partial charge in [-0.15, -0.1) is 11.3 Å². The van der Waals surface area contributed by atoms with Gasteiger partial charge in [0.05, 0.1) is 11.4 Å². The summed E-state index contributed by atoms with van der Waals surface area (Å²) >= 11 is 1.41. The van der Waals surface area contributed by atoms with Crippen LogP contribution in [0.3, 0.4) is 0 Å². The van der Waals surface area contributed by atoms with Gasteiger partial charge < -0.3 is 10.6 Å². The molecule has 0 saturated carbocycles. The van der Waals surface area contributed by atoms with Gasteiger partial charge >= 0.3 is 0 Å². The van der Waals surface area contributed by atoms with E-state index in [1.807, 2.05) is 44.2 Å². The molecule has 5 heteroatoms. The van der Waals surface area contributed by atoms with Crippen LogP contribution in [0.2, 0.25) is 0 Å². The monoisotopic (exact) mass is 302 g/mol. The van der Waals surface area contributed by atoms with E-state index in [1.165, 1.54) is 11.3 Å². The summed E-state index contributed by atoms with van der Waals surface area (Å²) in [5.74, 6) is -0.440. The zero-order valence-electron chi connectivity index (χ0n) is 12.1. The molecule has 1 heterocycles. The van der Waals surface area contributed by atoms with Crippen LogP contribution in [0.4, 0.5) is 5.69 Å². The number of benzene rings is 1. The molecule has 0 fully saturated rings. The molecule has 110 valence electrons. The molecule has 0 aliphatic rings. The van der Waals surface area contributed by atoms with Crippen molar-refractivity contribution in [1.29, 1.82) is 0 Å². The number of para-hydroxylation sites is 1. The highest BCUT2D eigenvalue weighted by atomic mass is 32.1. The minimum Gasteiger partial charge on any atom is -0.342 e. The molecule has 0 radical (unpaired) electrons. The molecule has 0 unspecified atom stereocenters. The Morgan fingerprint density at radius 2 is 1.90 bits per heavy atom. The Bertz CT molecular complexity index is 649. The van der Waals surface area contributed by atoms with E-state index in [1.54, 1.807) is 6.07 Å². The zero-order valence-corrected chi connectivity index (χ0v) is 12.9. The Balaban J connectivity index is 1.89. The number of hydrogen-bond acceptors (Lipinski definition) is 3. The molecule has 1 aromatic carbocycles. The second-order valence-electron chi connectivity index (χ2n) is 4.65. The highest BCUT2D eigenvalue weighted by molar-refractivity contribution is 7.13. The zero-order chi connectivity index (χ0) is 15.2. The molecule has 2 aromatic rings. The summed E-state index contributed by atoms with van der Waals surface area (Å²) in [5, 5.41) is 5.45. The molecule has 0 bridgehead atoms. The van der Waals surface area contributed by atoms with Crippen LogP contribution < -0.4 is 10.6 Å². The summed E-state index contributed by atoms with van der Waals surface area (Å²) in [6.45, 7) is 3.94. The minimum absolute atomic E-state index is 0.0339. The third-order valence-corrected chi connectivity index (χ3v) is 4.05. The lowest BCUT2D eigenvalue weighted by molar-refractivity contribution is -0.115. The van der Waals surface area contributed by atoms with Gasteiger partial charge in [0.15, 0.2) is 0 Å². The Hall–Kier alpha value is -2.14. The first kappa shape index (κ1) is 15.3. The molecule has 0 aliphatic heterocycles. The Kier molecular flexibility index (Phi) is 5.11. The predicted molar refractivity (Wildman–Crippen MR) is 85.8 cm³/mol. The number of carbonyl (C=O) groups excluding carboxylic acids is 2. The maximum Gasteiger partial charge on any atom is 0.261 e. The van der Waals surface area contributed by atoms with Gasteiger partial charge in [0.25, 0.3) is 5.91 Å². The maximum atomic E-state index is 11.9. The van der Waals surface area contributed by atoms with Gasteiger partial charge in [0.1, 0.15) is 0 Å². The largest absolute Gasteiger partial charge is 0.342 e. The average molecular weight is 302 g/mol. The van der Waals surface area contributed by atoms with Crippen molar-refractivity contribution in [2.75, 3.05) is 11.9 Å². The molecule has 2 amide bonds. The summed E-state index contributed by atoms with van der Waals surface area (Å²) < 4.78 is 0. The van der Waals surface area contributed by atoms with Gasteiger partial charge in [0.2, 0.25) is 5.91 Å². The van der Waals surface area contributed by atoms with E-state index in [4.69, 9.17) is 0 Å². The number of nitrogens with one attached hydrogen (secondary N) is 2. The van der Waals surface area contributed by atoms with E-state index >= 15 is 0 Å². The van der Waals surface area contributed by atoms with Crippen LogP contribution in [-0.4, -0.2) is 18.4 Å². The average Bonchev–Trinajstić information content (AvgIpc) is 2.92. The summed E-state index contributed by atoms with van der Waals surface area (Å²) in [6, 6.07) is 11.3. The van der Waals surface area contributed by atoms with Crippen molar-refractivity contribution in [3.05, 3.63) is 51.7 Å². The minimum atomic E-state index is -0.225. The number of amides is 2. The van der Waals surface area contributed by atoms with Gasteiger partial charge in [-0.05, 0) is 37.1 Å². The number of hydrogen-bond donors (Lipinski definition) is 2. The fourth-order valence-electron chi connectivity index (χ4n) is 1.95. The second-order valence-corrected chi connectivity index (χ2v) is 5.94. The van der Waals surface area contributed by atoms with E-state index in [-0.39, 0.29) is 18.4 Å². The molecule has 0 saturated heterocycles. The van der Waals surface area contributed by atoms with Gasteiger partial charge in [0, 0.05) is 10.6 Å². The predicted octanol–water partition coefficient (Wildman–Crippen LogP) is 2.99. The standard InChI is InChI=1S/C16H18N2O2S/c1-3-12-6-4-5-7-13(12)18-15(19)10-17-16(20)14-9-8-11(2)21-14/h4-9H,3,10H2,1-2H3,(H,17,20)(H,18,19). The van der Waals surface area contributed by atoms with Crippen LogP contribution >= 0.6 is 11.3 Å². The summed E-state index contributed by atoms with van der Waals surface area (Å²) in [6.07, 6.45) is 0.845. The van der Waals surface area contributed by atoms with Gasteiger partial charge in [-0.3, -0.25) is 9.59 Å².